The minimum absolute atomic E-state index is 0.114. The van der Waals surface area contributed by atoms with Crippen LogP contribution in [0.15, 0.2) is 76.7 Å². The van der Waals surface area contributed by atoms with Crippen molar-refractivity contribution in [3.8, 4) is 0 Å². The summed E-state index contributed by atoms with van der Waals surface area (Å²) in [5, 5.41) is 10.6. The molecule has 2 aliphatic carbocycles. The Hall–Kier alpha value is -2.59. The van der Waals surface area contributed by atoms with Crippen LogP contribution in [-0.2, 0) is 16.0 Å². The lowest BCUT2D eigenvalue weighted by atomic mass is 9.72. The highest BCUT2D eigenvalue weighted by molar-refractivity contribution is 5.67. The van der Waals surface area contributed by atoms with E-state index in [0.29, 0.717) is 30.7 Å². The maximum absolute atomic E-state index is 11.9. The molecule has 1 aromatic rings. The van der Waals surface area contributed by atoms with Gasteiger partial charge in [-0.1, -0.05) is 61.9 Å². The summed E-state index contributed by atoms with van der Waals surface area (Å²) in [6.45, 7) is 4.41. The monoisotopic (exact) mass is 459 g/mol. The van der Waals surface area contributed by atoms with Gasteiger partial charge >= 0.3 is 5.97 Å². The molecule has 4 atom stereocenters. The van der Waals surface area contributed by atoms with Crippen molar-refractivity contribution in [3.05, 3.63) is 82.3 Å². The molecule has 0 saturated heterocycles. The molecule has 4 nitrogen and oxygen atoms in total. The van der Waals surface area contributed by atoms with E-state index in [2.05, 4.69) is 60.4 Å². The summed E-state index contributed by atoms with van der Waals surface area (Å²) in [6.07, 6.45) is 15.1. The van der Waals surface area contributed by atoms with Gasteiger partial charge in [0.2, 0.25) is 0 Å². The van der Waals surface area contributed by atoms with Crippen LogP contribution in [0.3, 0.4) is 0 Å². The molecule has 1 N–H and O–H groups in total. The Morgan fingerprint density at radius 2 is 2.03 bits per heavy atom. The van der Waals surface area contributed by atoms with Crippen molar-refractivity contribution in [2.75, 3.05) is 6.54 Å². The van der Waals surface area contributed by atoms with E-state index in [4.69, 9.17) is 4.74 Å². The Morgan fingerprint density at radius 3 is 2.82 bits per heavy atom. The van der Waals surface area contributed by atoms with Crippen LogP contribution in [-0.4, -0.2) is 34.7 Å². The van der Waals surface area contributed by atoms with Gasteiger partial charge in [0.15, 0.2) is 0 Å². The number of ether oxygens (including phenoxy) is 1. The zero-order valence-corrected chi connectivity index (χ0v) is 20.5. The number of hydrogen-bond donors (Lipinski definition) is 1. The average Bonchev–Trinajstić information content (AvgIpc) is 2.84. The van der Waals surface area contributed by atoms with Crippen LogP contribution < -0.4 is 0 Å². The number of allylic oxidation sites excluding steroid dienone is 4. The normalized spacial score (nSPS) is 27.0. The van der Waals surface area contributed by atoms with Crippen molar-refractivity contribution >= 4 is 5.97 Å². The summed E-state index contributed by atoms with van der Waals surface area (Å²) in [4.78, 5) is 14.3. The predicted molar refractivity (Wildman–Crippen MR) is 135 cm³/mol. The van der Waals surface area contributed by atoms with E-state index < -0.39 is 6.10 Å². The first kappa shape index (κ1) is 23.2. The van der Waals surface area contributed by atoms with Crippen molar-refractivity contribution in [1.82, 2.24) is 4.90 Å². The minimum atomic E-state index is -0.498. The average molecular weight is 460 g/mol. The highest BCUT2D eigenvalue weighted by atomic mass is 16.5. The van der Waals surface area contributed by atoms with Gasteiger partial charge in [-0.15, -0.1) is 0 Å². The predicted octanol–water partition coefficient (Wildman–Crippen LogP) is 5.85. The molecule has 4 heteroatoms. The molecule has 1 fully saturated rings. The molecule has 180 valence electrons. The first-order valence-corrected chi connectivity index (χ1v) is 13.0. The lowest BCUT2D eigenvalue weighted by Gasteiger charge is -2.50. The fourth-order valence-electron chi connectivity index (χ4n) is 6.37. The SMILES string of the molecule is CC(=O)OC1=C2C3C=C([C@H](C)CCCc4ccccc4)C=CC3=C3CCCC[C@@H]3N2C[C@H](O)C1. The maximum atomic E-state index is 11.9. The van der Waals surface area contributed by atoms with Crippen molar-refractivity contribution in [3.63, 3.8) is 0 Å². The number of benzene rings is 1. The van der Waals surface area contributed by atoms with E-state index in [1.54, 1.807) is 0 Å². The van der Waals surface area contributed by atoms with Gasteiger partial charge in [-0.25, -0.2) is 0 Å². The highest BCUT2D eigenvalue weighted by Gasteiger charge is 2.43. The van der Waals surface area contributed by atoms with Gasteiger partial charge in [-0.2, -0.15) is 0 Å². The zero-order valence-electron chi connectivity index (χ0n) is 20.5. The van der Waals surface area contributed by atoms with Crippen molar-refractivity contribution in [2.24, 2.45) is 11.8 Å². The molecule has 34 heavy (non-hydrogen) atoms. The van der Waals surface area contributed by atoms with E-state index in [1.807, 2.05) is 0 Å². The number of carbonyl (C=O) groups is 1. The maximum Gasteiger partial charge on any atom is 0.307 e. The zero-order chi connectivity index (χ0) is 23.7. The second-order valence-electron chi connectivity index (χ2n) is 10.4. The molecule has 2 aliphatic heterocycles. The molecule has 0 amide bonds. The van der Waals surface area contributed by atoms with Gasteiger partial charge in [0, 0.05) is 25.8 Å². The van der Waals surface area contributed by atoms with E-state index in [1.165, 1.54) is 42.0 Å². The van der Waals surface area contributed by atoms with E-state index >= 15 is 0 Å². The summed E-state index contributed by atoms with van der Waals surface area (Å²) >= 11 is 0. The number of esters is 1. The van der Waals surface area contributed by atoms with E-state index in [-0.39, 0.29) is 11.9 Å². The van der Waals surface area contributed by atoms with Crippen LogP contribution >= 0.6 is 0 Å². The molecular weight excluding hydrogens is 422 g/mol. The molecule has 5 rings (SSSR count). The second kappa shape index (κ2) is 9.95. The number of nitrogens with zero attached hydrogens (tertiary/aromatic N) is 1. The topological polar surface area (TPSA) is 49.8 Å². The summed E-state index contributed by atoms with van der Waals surface area (Å²) in [5.41, 5.74) is 6.82. The number of rotatable bonds is 6. The third kappa shape index (κ3) is 4.65. The van der Waals surface area contributed by atoms with Crippen molar-refractivity contribution < 1.29 is 14.6 Å². The number of aliphatic hydroxyl groups excluding tert-OH is 1. The number of hydrogen-bond acceptors (Lipinski definition) is 4. The van der Waals surface area contributed by atoms with Crippen LogP contribution in [0.25, 0.3) is 0 Å². The quantitative estimate of drug-likeness (QED) is 0.542. The van der Waals surface area contributed by atoms with E-state index in [9.17, 15) is 9.90 Å². The second-order valence-corrected chi connectivity index (χ2v) is 10.4. The number of carbonyl (C=O) groups excluding carboxylic acids is 1. The van der Waals surface area contributed by atoms with Gasteiger partial charge in [-0.05, 0) is 66.7 Å². The molecule has 0 radical (unpaired) electrons. The smallest absolute Gasteiger partial charge is 0.307 e. The lowest BCUT2D eigenvalue weighted by molar-refractivity contribution is -0.138. The Bertz CT molecular complexity index is 1050. The van der Waals surface area contributed by atoms with Crippen molar-refractivity contribution in [2.45, 2.75) is 77.4 Å². The van der Waals surface area contributed by atoms with Gasteiger partial charge in [0.05, 0.1) is 17.8 Å². The molecule has 1 saturated carbocycles. The fourth-order valence-corrected chi connectivity index (χ4v) is 6.37. The third-order valence-corrected chi connectivity index (χ3v) is 7.97. The van der Waals surface area contributed by atoms with Crippen LogP contribution in [0.2, 0.25) is 0 Å². The lowest BCUT2D eigenvalue weighted by Crippen LogP contribution is -2.50. The number of aryl methyl sites for hydroxylation is 1. The summed E-state index contributed by atoms with van der Waals surface area (Å²) in [6, 6.07) is 11.0. The minimum Gasteiger partial charge on any atom is -0.429 e. The molecular formula is C30H37NO3. The molecule has 1 unspecified atom stereocenters. The third-order valence-electron chi connectivity index (χ3n) is 7.97. The first-order chi connectivity index (χ1) is 16.5. The van der Waals surface area contributed by atoms with Gasteiger partial charge in [-0.3, -0.25) is 4.79 Å². The Balaban J connectivity index is 1.44. The molecule has 0 bridgehead atoms. The highest BCUT2D eigenvalue weighted by Crippen LogP contribution is 2.48. The van der Waals surface area contributed by atoms with Crippen LogP contribution in [0.1, 0.15) is 64.4 Å². The van der Waals surface area contributed by atoms with Gasteiger partial charge in [0.1, 0.15) is 5.76 Å². The first-order valence-electron chi connectivity index (χ1n) is 13.0. The van der Waals surface area contributed by atoms with Crippen LogP contribution in [0.4, 0.5) is 0 Å². The molecule has 2 heterocycles. The molecule has 0 aromatic heterocycles. The fraction of sp³-hybridized carbons (Fsp3) is 0.500. The number of aliphatic hydroxyl groups is 1. The molecule has 4 aliphatic rings. The Labute approximate surface area is 203 Å². The van der Waals surface area contributed by atoms with Gasteiger partial charge in [0.25, 0.3) is 0 Å². The Kier molecular flexibility index (Phi) is 6.78. The molecule has 1 aromatic carbocycles. The molecule has 0 spiro atoms. The standard InChI is InChI=1S/C30H37NO3/c1-20(9-8-12-22-10-4-3-5-11-22)23-15-16-25-26-13-6-7-14-28(26)31-19-24(33)18-29(34-21(2)32)30(31)27(25)17-23/h3-5,10-11,15-17,20,24,27-28,33H,6-9,12-14,18-19H2,1-2H3/t20-,24-,27?,28+/m1/s1. The van der Waals surface area contributed by atoms with Crippen molar-refractivity contribution in [1.29, 1.82) is 0 Å². The largest absolute Gasteiger partial charge is 0.429 e. The summed E-state index contributed by atoms with van der Waals surface area (Å²) in [5.74, 6) is 0.945. The number of fused-ring (bicyclic) bond motifs is 5. The summed E-state index contributed by atoms with van der Waals surface area (Å²) < 4.78 is 5.73. The van der Waals surface area contributed by atoms with E-state index in [0.717, 1.165) is 37.8 Å². The Morgan fingerprint density at radius 1 is 1.21 bits per heavy atom. The summed E-state index contributed by atoms with van der Waals surface area (Å²) in [7, 11) is 0. The van der Waals surface area contributed by atoms with Crippen LogP contribution in [0, 0.1) is 11.8 Å². The van der Waals surface area contributed by atoms with Crippen LogP contribution in [0.5, 0.6) is 0 Å². The van der Waals surface area contributed by atoms with Gasteiger partial charge < -0.3 is 14.7 Å².